The first-order chi connectivity index (χ1) is 15.4. The lowest BCUT2D eigenvalue weighted by Crippen LogP contribution is -2.29. The molecule has 0 saturated carbocycles. The molecule has 10 heteroatoms. The van der Waals surface area contributed by atoms with Gasteiger partial charge in [0.25, 0.3) is 5.91 Å². The van der Waals surface area contributed by atoms with E-state index in [1.165, 1.54) is 6.33 Å². The van der Waals surface area contributed by atoms with Crippen LogP contribution in [0, 0.1) is 6.92 Å². The van der Waals surface area contributed by atoms with Crippen molar-refractivity contribution in [2.75, 3.05) is 23.8 Å². The van der Waals surface area contributed by atoms with Crippen LogP contribution in [0.15, 0.2) is 42.7 Å². The van der Waals surface area contributed by atoms with E-state index < -0.39 is 0 Å². The van der Waals surface area contributed by atoms with Gasteiger partial charge in [-0.05, 0) is 49.2 Å². The second-order valence-corrected chi connectivity index (χ2v) is 7.67. The molecule has 3 aromatic rings. The molecule has 0 aliphatic carbocycles. The molecule has 0 fully saturated rings. The van der Waals surface area contributed by atoms with Crippen molar-refractivity contribution in [3.63, 3.8) is 0 Å². The van der Waals surface area contributed by atoms with Gasteiger partial charge < -0.3 is 14.8 Å². The number of anilines is 2. The van der Waals surface area contributed by atoms with Crippen molar-refractivity contribution >= 4 is 35.1 Å². The van der Waals surface area contributed by atoms with E-state index in [4.69, 9.17) is 21.1 Å². The first-order valence-corrected chi connectivity index (χ1v) is 10.5. The van der Waals surface area contributed by atoms with E-state index in [1.807, 2.05) is 26.0 Å². The van der Waals surface area contributed by atoms with Crippen molar-refractivity contribution in [1.82, 2.24) is 14.8 Å². The number of rotatable bonds is 7. The van der Waals surface area contributed by atoms with Gasteiger partial charge in [0.2, 0.25) is 11.9 Å². The quantitative estimate of drug-likeness (QED) is 0.563. The fourth-order valence-electron chi connectivity index (χ4n) is 3.44. The highest BCUT2D eigenvalue weighted by atomic mass is 35.5. The Morgan fingerprint density at radius 3 is 2.91 bits per heavy atom. The predicted octanol–water partition coefficient (Wildman–Crippen LogP) is 3.59. The van der Waals surface area contributed by atoms with Gasteiger partial charge in [-0.25, -0.2) is 4.68 Å². The number of nitrogens with one attached hydrogen (secondary N) is 2. The molecule has 2 aromatic carbocycles. The van der Waals surface area contributed by atoms with Crippen LogP contribution in [0.3, 0.4) is 0 Å². The predicted molar refractivity (Wildman–Crippen MR) is 119 cm³/mol. The van der Waals surface area contributed by atoms with Crippen LogP contribution in [-0.4, -0.2) is 39.8 Å². The zero-order valence-corrected chi connectivity index (χ0v) is 18.3. The summed E-state index contributed by atoms with van der Waals surface area (Å²) in [5.74, 6) is 0.842. The van der Waals surface area contributed by atoms with E-state index in [0.717, 1.165) is 11.1 Å². The summed E-state index contributed by atoms with van der Waals surface area (Å²) < 4.78 is 13.1. The number of halogens is 1. The number of benzene rings is 2. The zero-order chi connectivity index (χ0) is 22.7. The van der Waals surface area contributed by atoms with E-state index in [2.05, 4.69) is 20.7 Å². The molecule has 166 valence electrons. The van der Waals surface area contributed by atoms with Crippen molar-refractivity contribution in [1.29, 1.82) is 0 Å². The molecular formula is C22H22ClN5O4. The Morgan fingerprint density at radius 1 is 1.25 bits per heavy atom. The number of aromatic nitrogens is 3. The lowest BCUT2D eigenvalue weighted by Gasteiger charge is -2.24. The summed E-state index contributed by atoms with van der Waals surface area (Å²) in [6, 6.07) is 10.3. The Balaban J connectivity index is 1.50. The van der Waals surface area contributed by atoms with Gasteiger partial charge in [-0.2, -0.15) is 10.1 Å². The molecule has 2 heterocycles. The number of ether oxygens (including phenoxy) is 2. The normalized spacial score (nSPS) is 15.0. The first-order valence-electron chi connectivity index (χ1n) is 10.1. The van der Waals surface area contributed by atoms with Gasteiger partial charge in [0, 0.05) is 10.7 Å². The third-order valence-corrected chi connectivity index (χ3v) is 5.22. The van der Waals surface area contributed by atoms with Crippen LogP contribution in [-0.2, 0) is 9.59 Å². The number of carbonyl (C=O) groups excluding carboxylic acids is 2. The highest BCUT2D eigenvalue weighted by Gasteiger charge is 2.28. The molecule has 4 rings (SSSR count). The summed E-state index contributed by atoms with van der Waals surface area (Å²) in [5.41, 5.74) is 2.35. The van der Waals surface area contributed by atoms with Crippen molar-refractivity contribution in [3.05, 3.63) is 58.9 Å². The van der Waals surface area contributed by atoms with Gasteiger partial charge in [-0.3, -0.25) is 14.9 Å². The standard InChI is InChI=1S/C22H22ClN5O4/c1-3-31-19-8-14(17-10-20(29)27-22-24-12-25-28(17)22)5-7-18(19)32-11-21(30)26-16-9-15(23)6-4-13(16)2/h4-9,12,17H,3,10-11H2,1-2H3,(H,26,30)(H,24,25,27,29)/t17-/m1/s1. The van der Waals surface area contributed by atoms with Gasteiger partial charge in [0.15, 0.2) is 18.1 Å². The molecule has 0 saturated heterocycles. The molecule has 0 radical (unpaired) electrons. The molecule has 2 N–H and O–H groups in total. The average molecular weight is 456 g/mol. The summed E-state index contributed by atoms with van der Waals surface area (Å²) in [6.07, 6.45) is 1.62. The van der Waals surface area contributed by atoms with Gasteiger partial charge >= 0.3 is 0 Å². The van der Waals surface area contributed by atoms with Crippen LogP contribution < -0.4 is 20.1 Å². The Labute approximate surface area is 189 Å². The highest BCUT2D eigenvalue weighted by Crippen LogP contribution is 2.35. The molecular weight excluding hydrogens is 434 g/mol. The van der Waals surface area contributed by atoms with Crippen molar-refractivity contribution in [3.8, 4) is 11.5 Å². The molecule has 1 aromatic heterocycles. The Hall–Kier alpha value is -3.59. The van der Waals surface area contributed by atoms with Crippen molar-refractivity contribution in [2.24, 2.45) is 0 Å². The van der Waals surface area contributed by atoms with Gasteiger partial charge in [0.05, 0.1) is 19.1 Å². The van der Waals surface area contributed by atoms with E-state index >= 15 is 0 Å². The number of carbonyl (C=O) groups is 2. The topological polar surface area (TPSA) is 107 Å². The van der Waals surface area contributed by atoms with Crippen LogP contribution in [0.2, 0.25) is 5.02 Å². The second kappa shape index (κ2) is 9.27. The van der Waals surface area contributed by atoms with Crippen LogP contribution in [0.4, 0.5) is 11.6 Å². The van der Waals surface area contributed by atoms with Crippen LogP contribution in [0.5, 0.6) is 11.5 Å². The van der Waals surface area contributed by atoms with Crippen LogP contribution in [0.25, 0.3) is 0 Å². The zero-order valence-electron chi connectivity index (χ0n) is 17.6. The molecule has 9 nitrogen and oxygen atoms in total. The maximum Gasteiger partial charge on any atom is 0.262 e. The van der Waals surface area contributed by atoms with Crippen molar-refractivity contribution < 1.29 is 19.1 Å². The Bertz CT molecular complexity index is 1160. The number of aryl methyl sites for hydroxylation is 1. The largest absolute Gasteiger partial charge is 0.490 e. The molecule has 0 bridgehead atoms. The van der Waals surface area contributed by atoms with E-state index in [9.17, 15) is 9.59 Å². The third-order valence-electron chi connectivity index (χ3n) is 4.98. The molecule has 0 unspecified atom stereocenters. The summed E-state index contributed by atoms with van der Waals surface area (Å²) >= 11 is 6.01. The van der Waals surface area contributed by atoms with Gasteiger partial charge in [0.1, 0.15) is 6.33 Å². The molecule has 1 aliphatic rings. The van der Waals surface area contributed by atoms with Crippen LogP contribution >= 0.6 is 11.6 Å². The summed E-state index contributed by atoms with van der Waals surface area (Å²) in [7, 11) is 0. The van der Waals surface area contributed by atoms with Crippen LogP contribution in [0.1, 0.15) is 30.5 Å². The van der Waals surface area contributed by atoms with E-state index in [0.29, 0.717) is 34.8 Å². The summed E-state index contributed by atoms with van der Waals surface area (Å²) in [6.45, 7) is 3.94. The molecule has 2 amide bonds. The fraction of sp³-hybridized carbons (Fsp3) is 0.273. The Morgan fingerprint density at radius 2 is 2.09 bits per heavy atom. The number of amides is 2. The van der Waals surface area contributed by atoms with Gasteiger partial charge in [-0.1, -0.05) is 23.7 Å². The van der Waals surface area contributed by atoms with E-state index in [-0.39, 0.29) is 30.9 Å². The first kappa shape index (κ1) is 21.6. The minimum Gasteiger partial charge on any atom is -0.490 e. The molecule has 32 heavy (non-hydrogen) atoms. The van der Waals surface area contributed by atoms with Gasteiger partial charge in [-0.15, -0.1) is 0 Å². The molecule has 1 atom stereocenters. The minimum absolute atomic E-state index is 0.137. The summed E-state index contributed by atoms with van der Waals surface area (Å²) in [4.78, 5) is 28.5. The fourth-order valence-corrected chi connectivity index (χ4v) is 3.61. The smallest absolute Gasteiger partial charge is 0.262 e. The maximum absolute atomic E-state index is 12.4. The van der Waals surface area contributed by atoms with Crippen molar-refractivity contribution in [2.45, 2.75) is 26.3 Å². The lowest BCUT2D eigenvalue weighted by molar-refractivity contribution is -0.118. The maximum atomic E-state index is 12.4. The second-order valence-electron chi connectivity index (χ2n) is 7.23. The lowest BCUT2D eigenvalue weighted by atomic mass is 10.0. The monoisotopic (exact) mass is 455 g/mol. The number of fused-ring (bicyclic) bond motifs is 1. The molecule has 1 aliphatic heterocycles. The highest BCUT2D eigenvalue weighted by molar-refractivity contribution is 6.31. The Kier molecular flexibility index (Phi) is 6.27. The van der Waals surface area contributed by atoms with E-state index in [1.54, 1.807) is 28.9 Å². The summed E-state index contributed by atoms with van der Waals surface area (Å²) in [5, 5.41) is 10.2. The SMILES string of the molecule is CCOc1cc([C@H]2CC(=O)Nc3ncnn32)ccc1OCC(=O)Nc1cc(Cl)ccc1C. The molecule has 0 spiro atoms. The minimum atomic E-state index is -0.321. The average Bonchev–Trinajstić information content (AvgIpc) is 3.23. The number of hydrogen-bond acceptors (Lipinski definition) is 6. The number of nitrogens with zero attached hydrogens (tertiary/aromatic N) is 3. The third kappa shape index (κ3) is 4.67. The number of hydrogen-bond donors (Lipinski definition) is 2.